The zero-order valence-corrected chi connectivity index (χ0v) is 19.1. The maximum Gasteiger partial charge on any atom is 0.234 e. The van der Waals surface area contributed by atoms with Gasteiger partial charge in [0.2, 0.25) is 5.91 Å². The molecular formula is C23H21ClN4O3S. The molecule has 0 aliphatic rings. The van der Waals surface area contributed by atoms with E-state index < -0.39 is 0 Å². The lowest BCUT2D eigenvalue weighted by molar-refractivity contribution is -0.113. The van der Waals surface area contributed by atoms with Gasteiger partial charge in [0, 0.05) is 12.2 Å². The van der Waals surface area contributed by atoms with E-state index in [1.807, 2.05) is 36.6 Å². The highest BCUT2D eigenvalue weighted by Gasteiger charge is 2.17. The molecule has 0 radical (unpaired) electrons. The van der Waals surface area contributed by atoms with Crippen LogP contribution in [-0.4, -0.2) is 26.4 Å². The van der Waals surface area contributed by atoms with E-state index in [9.17, 15) is 4.79 Å². The maximum atomic E-state index is 12.4. The molecule has 9 heteroatoms. The number of anilines is 1. The van der Waals surface area contributed by atoms with Crippen LogP contribution in [0.15, 0.2) is 70.4 Å². The van der Waals surface area contributed by atoms with Gasteiger partial charge < -0.3 is 19.0 Å². The summed E-state index contributed by atoms with van der Waals surface area (Å²) >= 11 is 7.46. The second-order valence-corrected chi connectivity index (χ2v) is 8.18. The highest BCUT2D eigenvalue weighted by Crippen LogP contribution is 2.30. The number of thioether (sulfide) groups is 1. The standard InChI is InChI=1S/C23H21ClN4O3S/c1-3-28-22(18-12-13-30-15(18)2)26-27-23(28)32-14-21(29)25-16-8-10-17(11-9-16)31-20-7-5-4-6-19(20)24/h4-13H,3,14H2,1-2H3,(H,25,29). The van der Waals surface area contributed by atoms with Crippen molar-refractivity contribution in [2.45, 2.75) is 25.5 Å². The molecule has 0 bridgehead atoms. The molecule has 164 valence electrons. The zero-order chi connectivity index (χ0) is 22.5. The molecule has 1 amide bonds. The maximum absolute atomic E-state index is 12.4. The Hall–Kier alpha value is -3.23. The number of aromatic nitrogens is 3. The topological polar surface area (TPSA) is 82.2 Å². The van der Waals surface area contributed by atoms with E-state index in [4.69, 9.17) is 20.8 Å². The number of amides is 1. The third-order valence-corrected chi connectivity index (χ3v) is 5.95. The van der Waals surface area contributed by atoms with Gasteiger partial charge in [-0.05, 0) is 56.3 Å². The fourth-order valence-electron chi connectivity index (χ4n) is 3.08. The summed E-state index contributed by atoms with van der Waals surface area (Å²) in [6, 6.07) is 16.2. The second kappa shape index (κ2) is 9.93. The molecule has 0 aliphatic carbocycles. The molecular weight excluding hydrogens is 448 g/mol. The third kappa shape index (κ3) is 4.98. The van der Waals surface area contributed by atoms with E-state index in [1.165, 1.54) is 11.8 Å². The Morgan fingerprint density at radius 1 is 1.16 bits per heavy atom. The Labute approximate surface area is 194 Å². The van der Waals surface area contributed by atoms with Gasteiger partial charge in [-0.25, -0.2) is 0 Å². The quantitative estimate of drug-likeness (QED) is 0.317. The van der Waals surface area contributed by atoms with Crippen LogP contribution in [0.4, 0.5) is 5.69 Å². The van der Waals surface area contributed by atoms with Gasteiger partial charge in [-0.2, -0.15) is 0 Å². The minimum atomic E-state index is -0.138. The number of furan rings is 1. The van der Waals surface area contributed by atoms with Crippen molar-refractivity contribution in [3.8, 4) is 22.9 Å². The van der Waals surface area contributed by atoms with Crippen LogP contribution < -0.4 is 10.1 Å². The molecule has 1 N–H and O–H groups in total. The van der Waals surface area contributed by atoms with Crippen LogP contribution in [0.5, 0.6) is 11.5 Å². The van der Waals surface area contributed by atoms with Crippen LogP contribution in [0.2, 0.25) is 5.02 Å². The summed E-state index contributed by atoms with van der Waals surface area (Å²) in [5.74, 6) is 2.79. The number of rotatable bonds is 8. The van der Waals surface area contributed by atoms with Crippen LogP contribution in [0.3, 0.4) is 0 Å². The van der Waals surface area contributed by atoms with Gasteiger partial charge in [0.1, 0.15) is 17.3 Å². The van der Waals surface area contributed by atoms with Crippen LogP contribution >= 0.6 is 23.4 Å². The van der Waals surface area contributed by atoms with E-state index in [0.29, 0.717) is 33.9 Å². The van der Waals surface area contributed by atoms with Crippen molar-refractivity contribution in [2.75, 3.05) is 11.1 Å². The first-order valence-electron chi connectivity index (χ1n) is 9.98. The molecule has 0 unspecified atom stereocenters. The van der Waals surface area contributed by atoms with Gasteiger partial charge in [0.15, 0.2) is 11.0 Å². The zero-order valence-electron chi connectivity index (χ0n) is 17.5. The molecule has 2 heterocycles. The van der Waals surface area contributed by atoms with Gasteiger partial charge in [-0.3, -0.25) is 4.79 Å². The van der Waals surface area contributed by atoms with Crippen molar-refractivity contribution >= 4 is 35.0 Å². The van der Waals surface area contributed by atoms with Crippen LogP contribution in [0, 0.1) is 6.92 Å². The first-order chi connectivity index (χ1) is 15.5. The van der Waals surface area contributed by atoms with E-state index in [2.05, 4.69) is 15.5 Å². The highest BCUT2D eigenvalue weighted by atomic mass is 35.5. The first-order valence-corrected chi connectivity index (χ1v) is 11.3. The number of carbonyl (C=O) groups excluding carboxylic acids is 1. The van der Waals surface area contributed by atoms with Crippen molar-refractivity contribution in [1.29, 1.82) is 0 Å². The van der Waals surface area contributed by atoms with Gasteiger partial charge in [-0.15, -0.1) is 10.2 Å². The van der Waals surface area contributed by atoms with Crippen molar-refractivity contribution in [1.82, 2.24) is 14.8 Å². The molecule has 32 heavy (non-hydrogen) atoms. The molecule has 0 fully saturated rings. The fourth-order valence-corrected chi connectivity index (χ4v) is 4.06. The molecule has 0 atom stereocenters. The number of carbonyl (C=O) groups is 1. The van der Waals surface area contributed by atoms with Crippen LogP contribution in [-0.2, 0) is 11.3 Å². The Bertz CT molecular complexity index is 1220. The number of benzene rings is 2. The van der Waals surface area contributed by atoms with E-state index in [0.717, 1.165) is 17.1 Å². The molecule has 0 spiro atoms. The number of aryl methyl sites for hydroxylation is 1. The smallest absolute Gasteiger partial charge is 0.234 e. The van der Waals surface area contributed by atoms with E-state index in [-0.39, 0.29) is 11.7 Å². The van der Waals surface area contributed by atoms with Crippen molar-refractivity contribution in [3.05, 3.63) is 71.6 Å². The summed E-state index contributed by atoms with van der Waals surface area (Å²) in [5, 5.41) is 12.6. The molecule has 0 saturated heterocycles. The van der Waals surface area contributed by atoms with Gasteiger partial charge in [0.05, 0.1) is 22.6 Å². The van der Waals surface area contributed by atoms with Crippen molar-refractivity contribution < 1.29 is 13.9 Å². The molecule has 0 saturated carbocycles. The average molecular weight is 469 g/mol. The minimum absolute atomic E-state index is 0.138. The number of para-hydroxylation sites is 1. The molecule has 4 aromatic rings. The Morgan fingerprint density at radius 2 is 1.94 bits per heavy atom. The fraction of sp³-hybridized carbons (Fsp3) is 0.174. The van der Waals surface area contributed by atoms with Crippen molar-refractivity contribution in [2.24, 2.45) is 0 Å². The summed E-state index contributed by atoms with van der Waals surface area (Å²) in [7, 11) is 0. The van der Waals surface area contributed by atoms with Gasteiger partial charge >= 0.3 is 0 Å². The second-order valence-electron chi connectivity index (χ2n) is 6.83. The Morgan fingerprint density at radius 3 is 2.62 bits per heavy atom. The molecule has 7 nitrogen and oxygen atoms in total. The largest absolute Gasteiger partial charge is 0.469 e. The molecule has 0 aliphatic heterocycles. The molecule has 4 rings (SSSR count). The lowest BCUT2D eigenvalue weighted by Crippen LogP contribution is -2.14. The lowest BCUT2D eigenvalue weighted by atomic mass is 10.2. The number of nitrogens with one attached hydrogen (secondary N) is 1. The molecule has 2 aromatic heterocycles. The summed E-state index contributed by atoms with van der Waals surface area (Å²) in [6.45, 7) is 4.58. The predicted molar refractivity (Wildman–Crippen MR) is 125 cm³/mol. The Kier molecular flexibility index (Phi) is 6.82. The average Bonchev–Trinajstić information content (AvgIpc) is 3.40. The summed E-state index contributed by atoms with van der Waals surface area (Å²) in [5.41, 5.74) is 1.57. The van der Waals surface area contributed by atoms with Crippen LogP contribution in [0.25, 0.3) is 11.4 Å². The van der Waals surface area contributed by atoms with E-state index >= 15 is 0 Å². The molecule has 2 aromatic carbocycles. The Balaban J connectivity index is 1.35. The normalized spacial score (nSPS) is 10.8. The monoisotopic (exact) mass is 468 g/mol. The summed E-state index contributed by atoms with van der Waals surface area (Å²) in [6.07, 6.45) is 1.63. The SMILES string of the molecule is CCn1c(SCC(=O)Nc2ccc(Oc3ccccc3Cl)cc2)nnc1-c1ccoc1C. The van der Waals surface area contributed by atoms with Crippen LogP contribution in [0.1, 0.15) is 12.7 Å². The van der Waals surface area contributed by atoms with E-state index in [1.54, 1.807) is 42.7 Å². The highest BCUT2D eigenvalue weighted by molar-refractivity contribution is 7.99. The van der Waals surface area contributed by atoms with Gasteiger partial charge in [-0.1, -0.05) is 35.5 Å². The van der Waals surface area contributed by atoms with Gasteiger partial charge in [0.25, 0.3) is 0 Å². The third-order valence-electron chi connectivity index (χ3n) is 4.67. The number of halogens is 1. The number of hydrogen-bond acceptors (Lipinski definition) is 6. The number of ether oxygens (including phenoxy) is 1. The minimum Gasteiger partial charge on any atom is -0.469 e. The predicted octanol–water partition coefficient (Wildman–Crippen LogP) is 6.04. The number of nitrogens with zero attached hydrogens (tertiary/aromatic N) is 3. The number of hydrogen-bond donors (Lipinski definition) is 1. The van der Waals surface area contributed by atoms with Crippen molar-refractivity contribution in [3.63, 3.8) is 0 Å². The summed E-state index contributed by atoms with van der Waals surface area (Å²) in [4.78, 5) is 12.4. The first kappa shape index (κ1) is 22.0. The summed E-state index contributed by atoms with van der Waals surface area (Å²) < 4.78 is 13.1. The lowest BCUT2D eigenvalue weighted by Gasteiger charge is -2.09.